The molecule has 0 aromatic heterocycles. The van der Waals surface area contributed by atoms with Crippen molar-refractivity contribution in [2.45, 2.75) is 19.8 Å². The highest BCUT2D eigenvalue weighted by atomic mass is 35.5. The smallest absolute Gasteiger partial charge is 0.338 e. The van der Waals surface area contributed by atoms with Gasteiger partial charge in [-0.1, -0.05) is 11.6 Å². The number of aliphatic hydroxyl groups is 1. The molecule has 0 fully saturated rings. The Bertz CT molecular complexity index is 575. The number of halogens is 1. The Morgan fingerprint density at radius 1 is 1.42 bits per heavy atom. The Labute approximate surface area is 115 Å². The van der Waals surface area contributed by atoms with Gasteiger partial charge < -0.3 is 9.84 Å². The minimum absolute atomic E-state index is 0.00734. The van der Waals surface area contributed by atoms with Gasteiger partial charge in [0, 0.05) is 23.4 Å². The third-order valence-corrected chi connectivity index (χ3v) is 3.13. The van der Waals surface area contributed by atoms with Crippen molar-refractivity contribution in [3.8, 4) is 0 Å². The molecule has 19 heavy (non-hydrogen) atoms. The lowest BCUT2D eigenvalue weighted by atomic mass is 10.0. The number of ketones is 1. The first-order valence-corrected chi connectivity index (χ1v) is 6.30. The molecule has 1 N–H and O–H groups in total. The normalized spacial score (nSPS) is 14.9. The van der Waals surface area contributed by atoms with Crippen LogP contribution in [0, 0.1) is 0 Å². The summed E-state index contributed by atoms with van der Waals surface area (Å²) in [6, 6.07) is 4.83. The van der Waals surface area contributed by atoms with E-state index < -0.39 is 5.97 Å². The van der Waals surface area contributed by atoms with Crippen LogP contribution in [0.2, 0.25) is 5.02 Å². The van der Waals surface area contributed by atoms with Gasteiger partial charge in [-0.25, -0.2) is 4.79 Å². The molecule has 5 heteroatoms. The minimum atomic E-state index is -0.656. The molecule has 0 heterocycles. The quantitative estimate of drug-likeness (QED) is 0.846. The predicted molar refractivity (Wildman–Crippen MR) is 71.0 cm³/mol. The fraction of sp³-hybridized carbons (Fsp3) is 0.286. The molecule has 0 amide bonds. The largest absolute Gasteiger partial charge is 0.507 e. The zero-order chi connectivity index (χ0) is 14.0. The van der Waals surface area contributed by atoms with Gasteiger partial charge in [-0.05, 0) is 30.7 Å². The fourth-order valence-electron chi connectivity index (χ4n) is 2.04. The van der Waals surface area contributed by atoms with Crippen molar-refractivity contribution >= 4 is 29.1 Å². The van der Waals surface area contributed by atoms with Gasteiger partial charge in [-0.3, -0.25) is 4.79 Å². The predicted octanol–water partition coefficient (Wildman–Crippen LogP) is 2.69. The van der Waals surface area contributed by atoms with E-state index in [4.69, 9.17) is 16.3 Å². The lowest BCUT2D eigenvalue weighted by Gasteiger charge is -2.08. The number of Topliss-reactive ketones (excluding diaryl/α,β-unsaturated/α-hetero) is 1. The van der Waals surface area contributed by atoms with Crippen molar-refractivity contribution in [2.24, 2.45) is 0 Å². The van der Waals surface area contributed by atoms with E-state index in [2.05, 4.69) is 0 Å². The van der Waals surface area contributed by atoms with Crippen molar-refractivity contribution < 1.29 is 19.4 Å². The summed E-state index contributed by atoms with van der Waals surface area (Å²) in [5.74, 6) is -1.01. The molecule has 100 valence electrons. The standard InChI is InChI=1S/C14H13ClO4/c1-2-19-14(18)12-7-10(16)6-8-5-9(15)3-4-11(8)13(12)17/h3-5,17H,2,6-7H2,1H3. The van der Waals surface area contributed by atoms with E-state index in [0.29, 0.717) is 16.1 Å². The highest BCUT2D eigenvalue weighted by Crippen LogP contribution is 2.29. The van der Waals surface area contributed by atoms with Crippen LogP contribution in [0.25, 0.3) is 5.76 Å². The first-order valence-electron chi connectivity index (χ1n) is 5.92. The average Bonchev–Trinajstić information content (AvgIpc) is 2.46. The van der Waals surface area contributed by atoms with E-state index in [9.17, 15) is 14.7 Å². The summed E-state index contributed by atoms with van der Waals surface area (Å²) >= 11 is 5.87. The number of rotatable bonds is 2. The number of carbonyl (C=O) groups is 2. The highest BCUT2D eigenvalue weighted by molar-refractivity contribution is 6.30. The van der Waals surface area contributed by atoms with E-state index in [0.717, 1.165) is 0 Å². The van der Waals surface area contributed by atoms with E-state index in [1.54, 1.807) is 25.1 Å². The van der Waals surface area contributed by atoms with Gasteiger partial charge in [-0.2, -0.15) is 0 Å². The van der Waals surface area contributed by atoms with Gasteiger partial charge in [0.2, 0.25) is 0 Å². The Hall–Kier alpha value is -1.81. The van der Waals surface area contributed by atoms with Crippen LogP contribution in [0.5, 0.6) is 0 Å². The second-order valence-electron chi connectivity index (χ2n) is 4.24. The lowest BCUT2D eigenvalue weighted by molar-refractivity contribution is -0.139. The number of benzene rings is 1. The van der Waals surface area contributed by atoms with Gasteiger partial charge in [0.25, 0.3) is 0 Å². The summed E-state index contributed by atoms with van der Waals surface area (Å²) < 4.78 is 4.86. The Balaban J connectivity index is 2.54. The number of ether oxygens (including phenoxy) is 1. The van der Waals surface area contributed by atoms with Crippen LogP contribution in [-0.2, 0) is 20.7 Å². The molecule has 1 aromatic carbocycles. The van der Waals surface area contributed by atoms with Crippen LogP contribution in [0.3, 0.4) is 0 Å². The third-order valence-electron chi connectivity index (χ3n) is 2.89. The summed E-state index contributed by atoms with van der Waals surface area (Å²) in [5, 5.41) is 10.7. The van der Waals surface area contributed by atoms with Gasteiger partial charge in [0.15, 0.2) is 0 Å². The molecular formula is C14H13ClO4. The van der Waals surface area contributed by atoms with Crippen molar-refractivity contribution in [3.05, 3.63) is 39.9 Å². The van der Waals surface area contributed by atoms with E-state index in [-0.39, 0.29) is 36.6 Å². The Morgan fingerprint density at radius 3 is 2.84 bits per heavy atom. The van der Waals surface area contributed by atoms with Crippen LogP contribution in [0.4, 0.5) is 0 Å². The van der Waals surface area contributed by atoms with Crippen molar-refractivity contribution in [1.82, 2.24) is 0 Å². The lowest BCUT2D eigenvalue weighted by Crippen LogP contribution is -2.12. The average molecular weight is 281 g/mol. The zero-order valence-electron chi connectivity index (χ0n) is 10.4. The molecule has 0 saturated heterocycles. The Kier molecular flexibility index (Phi) is 3.90. The molecule has 0 saturated carbocycles. The summed E-state index contributed by atoms with van der Waals surface area (Å²) in [6.07, 6.45) is 0.0137. The van der Waals surface area contributed by atoms with Crippen molar-refractivity contribution in [3.63, 3.8) is 0 Å². The number of hydrogen-bond acceptors (Lipinski definition) is 4. The van der Waals surface area contributed by atoms with Gasteiger partial charge in [-0.15, -0.1) is 0 Å². The van der Waals surface area contributed by atoms with Crippen LogP contribution < -0.4 is 0 Å². The molecule has 0 unspecified atom stereocenters. The second kappa shape index (κ2) is 5.45. The first kappa shape index (κ1) is 13.6. The molecule has 0 radical (unpaired) electrons. The van der Waals surface area contributed by atoms with Crippen LogP contribution in [0.15, 0.2) is 23.8 Å². The van der Waals surface area contributed by atoms with Crippen LogP contribution in [-0.4, -0.2) is 23.5 Å². The fourth-order valence-corrected chi connectivity index (χ4v) is 2.24. The Morgan fingerprint density at radius 2 is 2.16 bits per heavy atom. The van der Waals surface area contributed by atoms with Gasteiger partial charge in [0.1, 0.15) is 11.5 Å². The van der Waals surface area contributed by atoms with Gasteiger partial charge >= 0.3 is 5.97 Å². The van der Waals surface area contributed by atoms with Crippen LogP contribution >= 0.6 is 11.6 Å². The molecule has 0 atom stereocenters. The molecule has 2 rings (SSSR count). The number of fused-ring (bicyclic) bond motifs is 1. The number of hydrogen-bond donors (Lipinski definition) is 1. The van der Waals surface area contributed by atoms with Crippen molar-refractivity contribution in [2.75, 3.05) is 6.61 Å². The summed E-state index contributed by atoms with van der Waals surface area (Å²) in [7, 11) is 0. The highest BCUT2D eigenvalue weighted by Gasteiger charge is 2.26. The number of carbonyl (C=O) groups excluding carboxylic acids is 2. The first-order chi connectivity index (χ1) is 9.02. The summed E-state index contributed by atoms with van der Waals surface area (Å²) in [4.78, 5) is 23.6. The second-order valence-corrected chi connectivity index (χ2v) is 4.68. The summed E-state index contributed by atoms with van der Waals surface area (Å²) in [6.45, 7) is 1.86. The van der Waals surface area contributed by atoms with Crippen LogP contribution in [0.1, 0.15) is 24.5 Å². The maximum absolute atomic E-state index is 11.8. The topological polar surface area (TPSA) is 63.6 Å². The third kappa shape index (κ3) is 2.79. The SMILES string of the molecule is CCOC(=O)C1=C(O)c2ccc(Cl)cc2CC(=O)C1. The molecule has 0 aliphatic heterocycles. The zero-order valence-corrected chi connectivity index (χ0v) is 11.2. The van der Waals surface area contributed by atoms with E-state index >= 15 is 0 Å². The molecule has 0 spiro atoms. The number of esters is 1. The molecule has 1 aliphatic carbocycles. The molecule has 0 bridgehead atoms. The van der Waals surface area contributed by atoms with E-state index in [1.165, 1.54) is 0 Å². The molecular weight excluding hydrogens is 268 g/mol. The maximum Gasteiger partial charge on any atom is 0.338 e. The molecule has 1 aromatic rings. The monoisotopic (exact) mass is 280 g/mol. The van der Waals surface area contributed by atoms with Gasteiger partial charge in [0.05, 0.1) is 12.2 Å². The summed E-state index contributed by atoms with van der Waals surface area (Å²) in [5.41, 5.74) is 1.08. The number of aliphatic hydroxyl groups excluding tert-OH is 1. The van der Waals surface area contributed by atoms with Crippen molar-refractivity contribution in [1.29, 1.82) is 0 Å². The molecule has 1 aliphatic rings. The molecule has 4 nitrogen and oxygen atoms in total. The minimum Gasteiger partial charge on any atom is -0.507 e. The maximum atomic E-state index is 11.8. The van der Waals surface area contributed by atoms with E-state index in [1.807, 2.05) is 0 Å².